The van der Waals surface area contributed by atoms with E-state index in [1.807, 2.05) is 0 Å². The van der Waals surface area contributed by atoms with Gasteiger partial charge in [-0.05, 0) is 18.4 Å². The first kappa shape index (κ1) is 21.4. The molecule has 1 saturated carbocycles. The lowest BCUT2D eigenvalue weighted by atomic mass is 9.87. The van der Waals surface area contributed by atoms with E-state index in [9.17, 15) is 14.5 Å². The number of alkyl carbamates (subject to hydrolysis) is 1. The molecule has 0 bridgehead atoms. The number of carbonyl (C=O) groups is 2. The second kappa shape index (κ2) is 11.7. The van der Waals surface area contributed by atoms with Gasteiger partial charge in [0.25, 0.3) is 12.6 Å². The van der Waals surface area contributed by atoms with E-state index in [0.29, 0.717) is 18.0 Å². The summed E-state index contributed by atoms with van der Waals surface area (Å²) in [5.74, 6) is 0.309. The van der Waals surface area contributed by atoms with E-state index in [0.717, 1.165) is 6.42 Å². The molecule has 1 fully saturated rings. The number of aromatic nitrogens is 1. The summed E-state index contributed by atoms with van der Waals surface area (Å²) in [5, 5.41) is 12.9. The molecule has 1 aromatic heterocycles. The Morgan fingerprint density at radius 1 is 1.21 bits per heavy atom. The van der Waals surface area contributed by atoms with Gasteiger partial charge >= 0.3 is 11.2 Å². The van der Waals surface area contributed by atoms with E-state index >= 15 is 0 Å². The molecule has 1 aliphatic rings. The van der Waals surface area contributed by atoms with E-state index in [2.05, 4.69) is 15.5 Å². The van der Waals surface area contributed by atoms with E-state index in [4.69, 9.17) is 9.94 Å². The van der Waals surface area contributed by atoms with Crippen molar-refractivity contribution in [1.29, 1.82) is 0 Å². The largest absolute Gasteiger partial charge is 0.475 e. The number of amides is 2. The molecule has 0 saturated heterocycles. The smallest absolute Gasteiger partial charge is 0.388 e. The van der Waals surface area contributed by atoms with Crippen molar-refractivity contribution in [3.63, 3.8) is 0 Å². The van der Waals surface area contributed by atoms with Crippen molar-refractivity contribution in [1.82, 2.24) is 10.6 Å². The summed E-state index contributed by atoms with van der Waals surface area (Å²) < 4.78 is 6.74. The van der Waals surface area contributed by atoms with Gasteiger partial charge in [-0.25, -0.2) is 10.0 Å². The molecule has 10 nitrogen and oxygen atoms in total. The predicted molar refractivity (Wildman–Crippen MR) is 96.0 cm³/mol. The standard InChI is InChI=1S/C18H26N4O6/c23-17(19-10-12-28-22(25)26)16-7-4-11-21(13-16)14-27-18(24)20-9-8-15-5-2-1-3-6-15/h4,7,11,13,15H,1-3,5-6,8-10,12,14H2,(H-2,19,20,23,24,25,26)/p+2. The van der Waals surface area contributed by atoms with Gasteiger partial charge in [0, 0.05) is 12.6 Å². The Balaban J connectivity index is 1.67. The van der Waals surface area contributed by atoms with E-state index in [-0.39, 0.29) is 25.8 Å². The summed E-state index contributed by atoms with van der Waals surface area (Å²) in [6, 6.07) is 3.26. The molecule has 0 aliphatic heterocycles. The Bertz CT molecular complexity index is 663. The number of pyridine rings is 1. The highest BCUT2D eigenvalue weighted by molar-refractivity contribution is 5.93. The molecule has 28 heavy (non-hydrogen) atoms. The first-order chi connectivity index (χ1) is 13.5. The number of nitrogens with zero attached hydrogens (tertiary/aromatic N) is 2. The minimum absolute atomic E-state index is 0.0187. The highest BCUT2D eigenvalue weighted by Gasteiger charge is 2.15. The van der Waals surface area contributed by atoms with Crippen molar-refractivity contribution >= 4 is 12.0 Å². The molecule has 1 aromatic rings. The third-order valence-electron chi connectivity index (χ3n) is 4.60. The highest BCUT2D eigenvalue weighted by atomic mass is 16.9. The van der Waals surface area contributed by atoms with Crippen LogP contribution in [0.5, 0.6) is 0 Å². The second-order valence-corrected chi connectivity index (χ2v) is 6.71. The summed E-state index contributed by atoms with van der Waals surface area (Å²) >= 11 is 0. The topological polar surface area (TPSA) is 121 Å². The quantitative estimate of drug-likeness (QED) is 0.313. The number of nitrogens with one attached hydrogen (secondary N) is 2. The number of rotatable bonds is 10. The summed E-state index contributed by atoms with van der Waals surface area (Å²) in [6.07, 6.45) is 10.1. The molecule has 1 heterocycles. The summed E-state index contributed by atoms with van der Waals surface area (Å²) in [6.45, 7) is 0.470. The van der Waals surface area contributed by atoms with Gasteiger partial charge in [0.1, 0.15) is 10.5 Å². The fourth-order valence-corrected chi connectivity index (χ4v) is 3.17. The van der Waals surface area contributed by atoms with Crippen LogP contribution in [0, 0.1) is 10.8 Å². The predicted octanol–water partition coefficient (Wildman–Crippen LogP) is 1.46. The molecular formula is C18H28N4O6+2. The lowest BCUT2D eigenvalue weighted by molar-refractivity contribution is -0.975. The van der Waals surface area contributed by atoms with Crippen molar-refractivity contribution in [2.45, 2.75) is 45.3 Å². The molecule has 2 rings (SSSR count). The number of carbonyl (C=O) groups excluding carboxylic acids is 2. The van der Waals surface area contributed by atoms with Crippen LogP contribution in [0.1, 0.15) is 48.9 Å². The molecule has 154 valence electrons. The Morgan fingerprint density at radius 2 is 2.00 bits per heavy atom. The van der Waals surface area contributed by atoms with Crippen molar-refractivity contribution in [3.8, 4) is 0 Å². The fourth-order valence-electron chi connectivity index (χ4n) is 3.17. The Kier molecular flexibility index (Phi) is 8.96. The molecule has 0 spiro atoms. The lowest BCUT2D eigenvalue weighted by Gasteiger charge is -2.21. The van der Waals surface area contributed by atoms with Gasteiger partial charge < -0.3 is 15.4 Å². The van der Waals surface area contributed by atoms with Gasteiger partial charge in [0.05, 0.1) is 6.54 Å². The molecule has 3 N–H and O–H groups in total. The van der Waals surface area contributed by atoms with Crippen LogP contribution in [0.2, 0.25) is 0 Å². The molecular weight excluding hydrogens is 368 g/mol. The molecule has 0 aromatic carbocycles. The zero-order chi connectivity index (χ0) is 20.2. The van der Waals surface area contributed by atoms with Crippen LogP contribution < -0.4 is 15.2 Å². The zero-order valence-electron chi connectivity index (χ0n) is 15.8. The van der Waals surface area contributed by atoms with E-state index in [1.54, 1.807) is 22.9 Å². The minimum atomic E-state index is -0.666. The van der Waals surface area contributed by atoms with E-state index < -0.39 is 11.2 Å². The highest BCUT2D eigenvalue weighted by Crippen LogP contribution is 2.25. The van der Waals surface area contributed by atoms with Gasteiger partial charge in [-0.1, -0.05) is 32.1 Å². The molecule has 1 aliphatic carbocycles. The molecule has 0 radical (unpaired) electrons. The monoisotopic (exact) mass is 396 g/mol. The number of hydrogen-bond donors (Lipinski definition) is 3. The van der Waals surface area contributed by atoms with Crippen molar-refractivity contribution in [2.75, 3.05) is 19.7 Å². The van der Waals surface area contributed by atoms with Gasteiger partial charge in [-0.15, -0.1) is 0 Å². The maximum Gasteiger partial charge on any atom is 0.475 e. The Labute approximate surface area is 163 Å². The van der Waals surface area contributed by atoms with Crippen LogP contribution in [0.15, 0.2) is 24.5 Å². The van der Waals surface area contributed by atoms with Crippen molar-refractivity contribution < 1.29 is 34.0 Å². The first-order valence-corrected chi connectivity index (χ1v) is 9.51. The molecule has 10 heteroatoms. The molecule has 0 atom stereocenters. The maximum atomic E-state index is 12.0. The van der Waals surface area contributed by atoms with Gasteiger partial charge in [-0.2, -0.15) is 9.40 Å². The minimum Gasteiger partial charge on any atom is -0.388 e. The average Bonchev–Trinajstić information content (AvgIpc) is 2.70. The van der Waals surface area contributed by atoms with Crippen molar-refractivity contribution in [2.24, 2.45) is 5.92 Å². The van der Waals surface area contributed by atoms with E-state index in [1.165, 1.54) is 38.3 Å². The fraction of sp³-hybridized carbons (Fsp3) is 0.611. The van der Waals surface area contributed by atoms with Gasteiger partial charge in [0.15, 0.2) is 19.0 Å². The second-order valence-electron chi connectivity index (χ2n) is 6.71. The van der Waals surface area contributed by atoms with Gasteiger partial charge in [0.2, 0.25) is 0 Å². The number of hydrogen-bond acceptors (Lipinski definition) is 5. The van der Waals surface area contributed by atoms with Crippen molar-refractivity contribution in [3.05, 3.63) is 35.0 Å². The van der Waals surface area contributed by atoms with Crippen LogP contribution in [0.25, 0.3) is 0 Å². The zero-order valence-corrected chi connectivity index (χ0v) is 15.8. The maximum absolute atomic E-state index is 12.0. The third-order valence-corrected chi connectivity index (χ3v) is 4.60. The van der Waals surface area contributed by atoms with Crippen LogP contribution in [0.3, 0.4) is 0 Å². The Hall–Kier alpha value is -2.91. The first-order valence-electron chi connectivity index (χ1n) is 9.51. The molecule has 2 amide bonds. The lowest BCUT2D eigenvalue weighted by Crippen LogP contribution is -2.39. The molecule has 0 unspecified atom stereocenters. The van der Waals surface area contributed by atoms with Crippen LogP contribution in [-0.4, -0.2) is 42.0 Å². The SMILES string of the molecule is O=C(NCCC1CCCCC1)OC[n+]1cccc(C(=O)NCCO[N+](=O)O)c1. The van der Waals surface area contributed by atoms with Crippen LogP contribution in [-0.2, 0) is 16.3 Å². The third kappa shape index (κ3) is 8.19. The Morgan fingerprint density at radius 3 is 2.75 bits per heavy atom. The summed E-state index contributed by atoms with van der Waals surface area (Å²) in [7, 11) is 0. The van der Waals surface area contributed by atoms with Crippen LogP contribution >= 0.6 is 0 Å². The summed E-state index contributed by atoms with van der Waals surface area (Å²) in [5.41, 5.74) is 0.354. The number of ether oxygens (including phenoxy) is 1. The van der Waals surface area contributed by atoms with Gasteiger partial charge in [-0.3, -0.25) is 4.79 Å². The summed E-state index contributed by atoms with van der Waals surface area (Å²) in [4.78, 5) is 38.2. The average molecular weight is 396 g/mol. The van der Waals surface area contributed by atoms with Crippen LogP contribution in [0.4, 0.5) is 4.79 Å². The normalized spacial score (nSPS) is 14.1.